The second-order valence-corrected chi connectivity index (χ2v) is 6.38. The molecule has 5 nitrogen and oxygen atoms in total. The maximum atomic E-state index is 14.5. The molecule has 0 saturated carbocycles. The number of carbonyl (C=O) groups excluding carboxylic acids is 1. The number of guanidine groups is 1. The van der Waals surface area contributed by atoms with E-state index in [0.29, 0.717) is 16.7 Å². The predicted molar refractivity (Wildman–Crippen MR) is 101 cm³/mol. The van der Waals surface area contributed by atoms with Crippen molar-refractivity contribution in [1.82, 2.24) is 9.88 Å². The van der Waals surface area contributed by atoms with Crippen LogP contribution in [0.4, 0.5) is 4.39 Å². The zero-order valence-corrected chi connectivity index (χ0v) is 14.6. The molecule has 1 atom stereocenters. The number of halogens is 1. The third kappa shape index (κ3) is 2.66. The van der Waals surface area contributed by atoms with Gasteiger partial charge in [-0.25, -0.2) is 9.38 Å². The number of rotatable bonds is 3. The van der Waals surface area contributed by atoms with Gasteiger partial charge in [0.1, 0.15) is 5.82 Å². The monoisotopic (exact) mass is 360 g/mol. The summed E-state index contributed by atoms with van der Waals surface area (Å²) in [5.74, 6) is -0.692. The Hall–Kier alpha value is -3.54. The van der Waals surface area contributed by atoms with Gasteiger partial charge in [0.25, 0.3) is 5.91 Å². The van der Waals surface area contributed by atoms with Gasteiger partial charge in [0.05, 0.1) is 0 Å². The van der Waals surface area contributed by atoms with Crippen molar-refractivity contribution in [3.63, 3.8) is 0 Å². The Morgan fingerprint density at radius 3 is 2.41 bits per heavy atom. The van der Waals surface area contributed by atoms with Crippen molar-refractivity contribution >= 4 is 11.9 Å². The average Bonchev–Trinajstić information content (AvgIpc) is 2.94. The first-order chi connectivity index (χ1) is 13.0. The first kappa shape index (κ1) is 16.9. The van der Waals surface area contributed by atoms with Crippen molar-refractivity contribution < 1.29 is 9.18 Å². The lowest BCUT2D eigenvalue weighted by molar-refractivity contribution is -0.129. The van der Waals surface area contributed by atoms with E-state index in [2.05, 4.69) is 9.98 Å². The Morgan fingerprint density at radius 2 is 1.78 bits per heavy atom. The van der Waals surface area contributed by atoms with E-state index in [1.54, 1.807) is 43.7 Å². The highest BCUT2D eigenvalue weighted by molar-refractivity contribution is 6.09. The summed E-state index contributed by atoms with van der Waals surface area (Å²) in [6.07, 6.45) is 3.30. The molecule has 27 heavy (non-hydrogen) atoms. The summed E-state index contributed by atoms with van der Waals surface area (Å²) in [5, 5.41) is 0. The number of nitrogens with two attached hydrogens (primary N) is 1. The Bertz CT molecular complexity index is 1040. The fraction of sp³-hybridized carbons (Fsp3) is 0.0952. The van der Waals surface area contributed by atoms with Gasteiger partial charge in [-0.05, 0) is 41.0 Å². The zero-order chi connectivity index (χ0) is 19.0. The maximum absolute atomic E-state index is 14.5. The second kappa shape index (κ2) is 6.32. The molecular formula is C21H17FN4O. The number of aromatic nitrogens is 1. The van der Waals surface area contributed by atoms with E-state index in [4.69, 9.17) is 5.73 Å². The molecule has 3 aromatic rings. The van der Waals surface area contributed by atoms with Gasteiger partial charge in [-0.2, -0.15) is 0 Å². The van der Waals surface area contributed by atoms with Crippen molar-refractivity contribution in [2.75, 3.05) is 7.05 Å². The quantitative estimate of drug-likeness (QED) is 0.781. The van der Waals surface area contributed by atoms with Gasteiger partial charge >= 0.3 is 0 Å². The van der Waals surface area contributed by atoms with Crippen LogP contribution in [0.1, 0.15) is 11.1 Å². The number of amides is 1. The summed E-state index contributed by atoms with van der Waals surface area (Å²) < 4.78 is 14.5. The average molecular weight is 360 g/mol. The standard InChI is InChI=1S/C21H17FN4O/c1-26-19(27)21(25-20(26)23,16-7-3-2-4-8-16)17-10-15(11-18(22)12-17)14-6-5-9-24-13-14/h2-13H,1H3,(H2,23,25). The van der Waals surface area contributed by atoms with Gasteiger partial charge in [-0.1, -0.05) is 36.4 Å². The van der Waals surface area contributed by atoms with E-state index in [9.17, 15) is 9.18 Å². The van der Waals surface area contributed by atoms with Crippen LogP contribution in [0.25, 0.3) is 11.1 Å². The minimum absolute atomic E-state index is 0.0936. The Balaban J connectivity index is 1.98. The number of hydrogen-bond acceptors (Lipinski definition) is 4. The molecule has 0 aliphatic carbocycles. The second-order valence-electron chi connectivity index (χ2n) is 6.38. The van der Waals surface area contributed by atoms with Gasteiger partial charge in [-0.3, -0.25) is 14.7 Å². The van der Waals surface area contributed by atoms with E-state index < -0.39 is 11.4 Å². The number of likely N-dealkylation sites (N-methyl/N-ethyl adjacent to an activating group) is 1. The Kier molecular flexibility index (Phi) is 3.96. The molecule has 2 heterocycles. The van der Waals surface area contributed by atoms with Crippen LogP contribution in [0.5, 0.6) is 0 Å². The molecule has 4 rings (SSSR count). The van der Waals surface area contributed by atoms with Gasteiger partial charge in [0.2, 0.25) is 0 Å². The third-order valence-corrected chi connectivity index (χ3v) is 4.74. The molecule has 6 heteroatoms. The van der Waals surface area contributed by atoms with E-state index in [1.807, 2.05) is 24.3 Å². The Morgan fingerprint density at radius 1 is 1.00 bits per heavy atom. The fourth-order valence-corrected chi connectivity index (χ4v) is 3.36. The molecule has 2 aromatic carbocycles. The van der Waals surface area contributed by atoms with Crippen LogP contribution >= 0.6 is 0 Å². The molecule has 134 valence electrons. The van der Waals surface area contributed by atoms with Crippen LogP contribution in [0.15, 0.2) is 78.0 Å². The highest BCUT2D eigenvalue weighted by atomic mass is 19.1. The van der Waals surface area contributed by atoms with Crippen LogP contribution in [-0.4, -0.2) is 28.8 Å². The molecule has 0 bridgehead atoms. The molecule has 0 saturated heterocycles. The summed E-state index contributed by atoms with van der Waals surface area (Å²) >= 11 is 0. The zero-order valence-electron chi connectivity index (χ0n) is 14.6. The van der Waals surface area contributed by atoms with Crippen molar-refractivity contribution in [3.05, 3.63) is 90.0 Å². The van der Waals surface area contributed by atoms with Crippen LogP contribution in [0.3, 0.4) is 0 Å². The van der Waals surface area contributed by atoms with E-state index in [-0.39, 0.29) is 11.9 Å². The summed E-state index contributed by atoms with van der Waals surface area (Å²) in [5.41, 5.74) is 6.95. The van der Waals surface area contributed by atoms with Gasteiger partial charge < -0.3 is 5.73 Å². The highest BCUT2D eigenvalue weighted by Crippen LogP contribution is 2.40. The van der Waals surface area contributed by atoms with Gasteiger partial charge in [-0.15, -0.1) is 0 Å². The minimum Gasteiger partial charge on any atom is -0.369 e. The molecule has 1 aliphatic heterocycles. The molecule has 0 fully saturated rings. The number of hydrogen-bond donors (Lipinski definition) is 1. The van der Waals surface area contributed by atoms with Crippen molar-refractivity contribution in [1.29, 1.82) is 0 Å². The number of nitrogens with zero attached hydrogens (tertiary/aromatic N) is 3. The first-order valence-electron chi connectivity index (χ1n) is 8.43. The van der Waals surface area contributed by atoms with Crippen molar-refractivity contribution in [2.45, 2.75) is 5.54 Å². The summed E-state index contributed by atoms with van der Waals surface area (Å²) in [6, 6.07) is 17.2. The topological polar surface area (TPSA) is 71.6 Å². The van der Waals surface area contributed by atoms with Crippen LogP contribution in [0, 0.1) is 5.82 Å². The molecule has 1 aromatic heterocycles. The SMILES string of the molecule is CN1C(=O)C(c2ccccc2)(c2cc(F)cc(-c3cccnc3)c2)N=C1N. The molecule has 1 amide bonds. The number of aliphatic imine (C=N–C) groups is 1. The lowest BCUT2D eigenvalue weighted by atomic mass is 9.81. The maximum Gasteiger partial charge on any atom is 0.266 e. The lowest BCUT2D eigenvalue weighted by Gasteiger charge is -2.26. The van der Waals surface area contributed by atoms with Crippen molar-refractivity contribution in [2.24, 2.45) is 10.7 Å². The molecule has 0 radical (unpaired) electrons. The molecule has 2 N–H and O–H groups in total. The van der Waals surface area contributed by atoms with Crippen molar-refractivity contribution in [3.8, 4) is 11.1 Å². The smallest absolute Gasteiger partial charge is 0.266 e. The molecule has 1 unspecified atom stereocenters. The third-order valence-electron chi connectivity index (χ3n) is 4.74. The minimum atomic E-state index is -1.42. The first-order valence-corrected chi connectivity index (χ1v) is 8.43. The van der Waals surface area contributed by atoms with Crippen LogP contribution in [0.2, 0.25) is 0 Å². The van der Waals surface area contributed by atoms with E-state index in [0.717, 1.165) is 5.56 Å². The number of pyridine rings is 1. The summed E-state index contributed by atoms with van der Waals surface area (Å²) in [4.78, 5) is 23.1. The molecular weight excluding hydrogens is 343 g/mol. The predicted octanol–water partition coefficient (Wildman–Crippen LogP) is 2.92. The van der Waals surface area contributed by atoms with Crippen LogP contribution < -0.4 is 5.73 Å². The lowest BCUT2D eigenvalue weighted by Crippen LogP contribution is -2.41. The van der Waals surface area contributed by atoms with E-state index in [1.165, 1.54) is 17.0 Å². The summed E-state index contributed by atoms with van der Waals surface area (Å²) in [7, 11) is 1.56. The van der Waals surface area contributed by atoms with Crippen LogP contribution in [-0.2, 0) is 10.3 Å². The highest BCUT2D eigenvalue weighted by Gasteiger charge is 2.49. The number of benzene rings is 2. The Labute approximate surface area is 156 Å². The largest absolute Gasteiger partial charge is 0.369 e. The van der Waals surface area contributed by atoms with E-state index >= 15 is 0 Å². The summed E-state index contributed by atoms with van der Waals surface area (Å²) in [6.45, 7) is 0. The van der Waals surface area contributed by atoms with Gasteiger partial charge in [0, 0.05) is 25.0 Å². The van der Waals surface area contributed by atoms with Gasteiger partial charge in [0.15, 0.2) is 11.5 Å². The molecule has 1 aliphatic rings. The fourth-order valence-electron chi connectivity index (χ4n) is 3.36. The normalized spacial score (nSPS) is 19.3. The number of carbonyl (C=O) groups is 1. The molecule has 0 spiro atoms.